The topological polar surface area (TPSA) is 47.6 Å². The van der Waals surface area contributed by atoms with Gasteiger partial charge in [-0.05, 0) is 6.07 Å². The molecule has 4 nitrogen and oxygen atoms in total. The molecule has 1 fully saturated rings. The van der Waals surface area contributed by atoms with Crippen LogP contribution in [0.1, 0.15) is 11.6 Å². The first-order valence-electron chi connectivity index (χ1n) is 5.88. The Morgan fingerprint density at radius 3 is 2.52 bits per heavy atom. The van der Waals surface area contributed by atoms with Crippen LogP contribution in [-0.2, 0) is 4.74 Å². The van der Waals surface area contributed by atoms with Gasteiger partial charge >= 0.3 is 24.5 Å². The minimum Gasteiger partial charge on any atom is -0.443 e. The van der Waals surface area contributed by atoms with E-state index in [9.17, 15) is 31.1 Å². The number of cyclic esters (lactones) is 1. The first kappa shape index (κ1) is 19.2. The van der Waals surface area contributed by atoms with Crippen LogP contribution in [0.5, 0.6) is 5.75 Å². The lowest BCUT2D eigenvalue weighted by Crippen LogP contribution is -2.49. The second kappa shape index (κ2) is 6.73. The molecule has 1 aromatic rings. The van der Waals surface area contributed by atoms with E-state index in [0.717, 1.165) is 18.2 Å². The van der Waals surface area contributed by atoms with Gasteiger partial charge in [0.25, 0.3) is 0 Å². The number of alkyl carbamates (subject to hydrolysis) is 1. The van der Waals surface area contributed by atoms with Crippen molar-refractivity contribution in [3.05, 3.63) is 29.8 Å². The summed E-state index contributed by atoms with van der Waals surface area (Å²) in [5, 5.41) is 1.75. The smallest absolute Gasteiger partial charge is 0.443 e. The molecule has 1 amide bonds. The number of para-hydroxylation sites is 1. The normalized spacial score (nSPS) is 20.3. The summed E-state index contributed by atoms with van der Waals surface area (Å²) < 4.78 is 85.8. The van der Waals surface area contributed by atoms with Gasteiger partial charge in [0, 0.05) is 5.56 Å². The lowest BCUT2D eigenvalue weighted by Gasteiger charge is -2.33. The number of alkyl halides is 6. The summed E-state index contributed by atoms with van der Waals surface area (Å²) >= 11 is 0. The summed E-state index contributed by atoms with van der Waals surface area (Å²) in [6, 6.07) is 2.09. The minimum atomic E-state index is -4.86. The van der Waals surface area contributed by atoms with E-state index in [1.165, 1.54) is 6.07 Å². The Morgan fingerprint density at radius 2 is 1.91 bits per heavy atom. The number of hydrogen-bond acceptors (Lipinski definition) is 3. The molecule has 23 heavy (non-hydrogen) atoms. The van der Waals surface area contributed by atoms with Crippen LogP contribution in [-0.4, -0.2) is 31.2 Å². The van der Waals surface area contributed by atoms with E-state index in [4.69, 9.17) is 0 Å². The van der Waals surface area contributed by atoms with Crippen LogP contribution >= 0.6 is 12.4 Å². The van der Waals surface area contributed by atoms with Crippen molar-refractivity contribution in [1.29, 1.82) is 0 Å². The van der Waals surface area contributed by atoms with E-state index < -0.39 is 48.5 Å². The Hall–Kier alpha value is -1.84. The summed E-state index contributed by atoms with van der Waals surface area (Å²) in [5.74, 6) is -4.52. The maximum Gasteiger partial charge on any atom is 0.461 e. The number of nitrogens with one attached hydrogen (secondary N) is 1. The molecular weight excluding hydrogens is 356 g/mol. The van der Waals surface area contributed by atoms with Crippen LogP contribution in [0.25, 0.3) is 0 Å². The van der Waals surface area contributed by atoms with Gasteiger partial charge in [0.05, 0.1) is 0 Å². The molecule has 0 aliphatic carbocycles. The number of ether oxygens (including phenoxy) is 2. The molecule has 1 aliphatic rings. The molecule has 0 saturated carbocycles. The van der Waals surface area contributed by atoms with Gasteiger partial charge in [0.1, 0.15) is 11.8 Å². The number of hydrogen-bond donors (Lipinski definition) is 1. The molecule has 1 atom stereocenters. The maximum absolute atomic E-state index is 13.8. The molecule has 1 heterocycles. The van der Waals surface area contributed by atoms with Crippen LogP contribution in [0, 0.1) is 0 Å². The SMILES string of the molecule is Cl.O=C1N[C@@H](c2ccccc2OC(F)(F)C(F)F)C(F)(F)CO1. The van der Waals surface area contributed by atoms with Gasteiger partial charge in [-0.25, -0.2) is 13.6 Å². The number of carbonyl (C=O) groups excluding carboxylic acids is 1. The van der Waals surface area contributed by atoms with Crippen molar-refractivity contribution in [2.45, 2.75) is 24.5 Å². The van der Waals surface area contributed by atoms with Gasteiger partial charge < -0.3 is 14.8 Å². The second-order valence-corrected chi connectivity index (χ2v) is 4.42. The average molecular weight is 366 g/mol. The Bertz CT molecular complexity index is 571. The molecule has 1 aliphatic heterocycles. The fourth-order valence-corrected chi connectivity index (χ4v) is 1.82. The molecule has 0 bridgehead atoms. The Morgan fingerprint density at radius 1 is 1.30 bits per heavy atom. The van der Waals surface area contributed by atoms with Crippen LogP contribution in [0.15, 0.2) is 24.3 Å². The highest BCUT2D eigenvalue weighted by atomic mass is 35.5. The molecular formula is C12H10ClF6NO3. The predicted molar refractivity (Wildman–Crippen MR) is 67.4 cm³/mol. The summed E-state index contributed by atoms with van der Waals surface area (Å²) in [4.78, 5) is 11.1. The van der Waals surface area contributed by atoms with Crippen molar-refractivity contribution in [3.8, 4) is 5.75 Å². The minimum absolute atomic E-state index is 0. The maximum atomic E-state index is 13.8. The number of halogens is 7. The molecule has 0 aromatic heterocycles. The van der Waals surface area contributed by atoms with Crippen LogP contribution in [0.4, 0.5) is 31.1 Å². The van der Waals surface area contributed by atoms with E-state index >= 15 is 0 Å². The fraction of sp³-hybridized carbons (Fsp3) is 0.417. The summed E-state index contributed by atoms with van der Waals surface area (Å²) in [7, 11) is 0. The highest BCUT2D eigenvalue weighted by Gasteiger charge is 2.49. The van der Waals surface area contributed by atoms with Crippen molar-refractivity contribution in [2.75, 3.05) is 6.61 Å². The van der Waals surface area contributed by atoms with Gasteiger partial charge in [0.2, 0.25) is 0 Å². The molecule has 0 unspecified atom stereocenters. The standard InChI is InChI=1S/C12H9F6NO3.ClH/c13-9(14)12(17,18)22-7-4-2-1-3-6(7)8-11(15,16)5-21-10(20)19-8;/h1-4,8-9H,5H2,(H,19,20);1H/t8-;/m0./s1. The second-order valence-electron chi connectivity index (χ2n) is 4.42. The molecule has 1 aromatic carbocycles. The zero-order valence-electron chi connectivity index (χ0n) is 11.1. The van der Waals surface area contributed by atoms with Crippen molar-refractivity contribution >= 4 is 18.5 Å². The Balaban J connectivity index is 0.00000264. The van der Waals surface area contributed by atoms with Crippen molar-refractivity contribution in [1.82, 2.24) is 5.32 Å². The van der Waals surface area contributed by atoms with Gasteiger partial charge in [-0.2, -0.15) is 17.6 Å². The third kappa shape index (κ3) is 4.12. The molecule has 2 rings (SSSR count). The average Bonchev–Trinajstić information content (AvgIpc) is 2.42. The number of rotatable bonds is 4. The first-order chi connectivity index (χ1) is 10.1. The van der Waals surface area contributed by atoms with Gasteiger partial charge in [-0.15, -0.1) is 12.4 Å². The lowest BCUT2D eigenvalue weighted by molar-refractivity contribution is -0.253. The van der Waals surface area contributed by atoms with Crippen LogP contribution < -0.4 is 10.1 Å². The van der Waals surface area contributed by atoms with Crippen LogP contribution in [0.3, 0.4) is 0 Å². The van der Waals surface area contributed by atoms with Gasteiger partial charge in [-0.1, -0.05) is 18.2 Å². The molecule has 1 saturated heterocycles. The highest BCUT2D eigenvalue weighted by molar-refractivity contribution is 5.85. The van der Waals surface area contributed by atoms with Crippen LogP contribution in [0.2, 0.25) is 0 Å². The molecule has 0 radical (unpaired) electrons. The fourth-order valence-electron chi connectivity index (χ4n) is 1.82. The summed E-state index contributed by atoms with van der Waals surface area (Å²) in [6.07, 6.45) is -10.2. The first-order valence-corrected chi connectivity index (χ1v) is 5.88. The summed E-state index contributed by atoms with van der Waals surface area (Å²) in [6.45, 7) is -1.27. The highest BCUT2D eigenvalue weighted by Crippen LogP contribution is 2.40. The third-order valence-electron chi connectivity index (χ3n) is 2.81. The largest absolute Gasteiger partial charge is 0.461 e. The number of amides is 1. The molecule has 0 spiro atoms. The van der Waals surface area contributed by atoms with E-state index in [1.807, 2.05) is 0 Å². The monoisotopic (exact) mass is 365 g/mol. The lowest BCUT2D eigenvalue weighted by atomic mass is 9.99. The third-order valence-corrected chi connectivity index (χ3v) is 2.81. The zero-order valence-corrected chi connectivity index (χ0v) is 11.9. The quantitative estimate of drug-likeness (QED) is 0.826. The van der Waals surface area contributed by atoms with E-state index in [0.29, 0.717) is 0 Å². The van der Waals surface area contributed by atoms with Crippen molar-refractivity contribution < 1.29 is 40.6 Å². The molecule has 11 heteroatoms. The van der Waals surface area contributed by atoms with E-state index in [2.05, 4.69) is 9.47 Å². The zero-order chi connectivity index (χ0) is 16.5. The van der Waals surface area contributed by atoms with Gasteiger partial charge in [0.15, 0.2) is 6.61 Å². The Kier molecular flexibility index (Phi) is 5.62. The summed E-state index contributed by atoms with van der Waals surface area (Å²) in [5.41, 5.74) is -0.565. The number of benzene rings is 1. The Labute approximate surface area is 132 Å². The molecule has 130 valence electrons. The van der Waals surface area contributed by atoms with Crippen molar-refractivity contribution in [2.24, 2.45) is 0 Å². The number of carbonyl (C=O) groups is 1. The van der Waals surface area contributed by atoms with E-state index in [-0.39, 0.29) is 12.4 Å². The molecule has 1 N–H and O–H groups in total. The predicted octanol–water partition coefficient (Wildman–Crippen LogP) is 3.76. The van der Waals surface area contributed by atoms with E-state index in [1.54, 1.807) is 5.32 Å². The van der Waals surface area contributed by atoms with Crippen molar-refractivity contribution in [3.63, 3.8) is 0 Å². The van der Waals surface area contributed by atoms with Gasteiger partial charge in [-0.3, -0.25) is 0 Å².